The third-order valence-corrected chi connectivity index (χ3v) is 1.62. The summed E-state index contributed by atoms with van der Waals surface area (Å²) in [5.41, 5.74) is -1.18. The molecule has 1 aliphatic heterocycles. The normalized spacial score (nSPS) is 35.5. The van der Waals surface area contributed by atoms with Gasteiger partial charge in [0.2, 0.25) is 0 Å². The molecule has 1 rings (SSSR count). The predicted octanol–water partition coefficient (Wildman–Crippen LogP) is 0.613. The minimum absolute atomic E-state index is 0.106. The van der Waals surface area contributed by atoms with Gasteiger partial charge < -0.3 is 14.6 Å². The third-order valence-electron chi connectivity index (χ3n) is 1.62. The molecular formula is C7H12O4. The summed E-state index contributed by atoms with van der Waals surface area (Å²) in [5, 5.41) is 8.70. The highest BCUT2D eigenvalue weighted by Gasteiger charge is 2.47. The van der Waals surface area contributed by atoms with Crippen molar-refractivity contribution in [1.29, 1.82) is 0 Å². The smallest absolute Gasteiger partial charge is 0.338 e. The first-order valence-corrected chi connectivity index (χ1v) is 3.43. The molecule has 0 aromatic rings. The predicted molar refractivity (Wildman–Crippen MR) is 37.2 cm³/mol. The zero-order valence-electron chi connectivity index (χ0n) is 6.88. The number of carboxylic acid groups (broad SMARTS) is 1. The van der Waals surface area contributed by atoms with Crippen molar-refractivity contribution in [2.75, 3.05) is 6.61 Å². The molecule has 1 heterocycles. The van der Waals surface area contributed by atoms with Gasteiger partial charge in [-0.3, -0.25) is 0 Å². The molecule has 0 aliphatic carbocycles. The van der Waals surface area contributed by atoms with Crippen molar-refractivity contribution in [3.05, 3.63) is 0 Å². The van der Waals surface area contributed by atoms with Crippen LogP contribution in [0.25, 0.3) is 0 Å². The molecule has 1 saturated heterocycles. The van der Waals surface area contributed by atoms with Crippen molar-refractivity contribution in [2.24, 2.45) is 0 Å². The van der Waals surface area contributed by atoms with Gasteiger partial charge in [-0.15, -0.1) is 0 Å². The van der Waals surface area contributed by atoms with Gasteiger partial charge in [0.1, 0.15) is 0 Å². The number of hydrogen-bond acceptors (Lipinski definition) is 3. The van der Waals surface area contributed by atoms with Gasteiger partial charge >= 0.3 is 5.97 Å². The SMILES string of the molecule is CC1(C)OCC(C)(C(=O)O)O1. The van der Waals surface area contributed by atoms with E-state index < -0.39 is 17.4 Å². The Balaban J connectivity index is 2.73. The number of carboxylic acids is 1. The molecule has 4 heteroatoms. The highest BCUT2D eigenvalue weighted by molar-refractivity contribution is 5.77. The summed E-state index contributed by atoms with van der Waals surface area (Å²) >= 11 is 0. The second kappa shape index (κ2) is 2.19. The first-order valence-electron chi connectivity index (χ1n) is 3.43. The molecule has 0 bridgehead atoms. The molecule has 1 N–H and O–H groups in total. The molecule has 0 radical (unpaired) electrons. The largest absolute Gasteiger partial charge is 0.479 e. The molecule has 1 unspecified atom stereocenters. The van der Waals surface area contributed by atoms with Gasteiger partial charge in [0.15, 0.2) is 11.4 Å². The molecule has 0 aromatic carbocycles. The Morgan fingerprint density at radius 2 is 2.00 bits per heavy atom. The summed E-state index contributed by atoms with van der Waals surface area (Å²) in [7, 11) is 0. The van der Waals surface area contributed by atoms with E-state index >= 15 is 0 Å². The van der Waals surface area contributed by atoms with Gasteiger partial charge in [0.05, 0.1) is 6.61 Å². The molecule has 1 aliphatic rings. The monoisotopic (exact) mass is 160 g/mol. The lowest BCUT2D eigenvalue weighted by molar-refractivity contribution is -0.182. The fourth-order valence-electron chi connectivity index (χ4n) is 1.02. The first-order chi connectivity index (χ1) is 4.86. The minimum atomic E-state index is -1.18. The fraction of sp³-hybridized carbons (Fsp3) is 0.857. The number of aliphatic carboxylic acids is 1. The van der Waals surface area contributed by atoms with Crippen LogP contribution >= 0.6 is 0 Å². The summed E-state index contributed by atoms with van der Waals surface area (Å²) in [5.74, 6) is -1.75. The maximum Gasteiger partial charge on any atom is 0.338 e. The first kappa shape index (κ1) is 8.49. The van der Waals surface area contributed by atoms with Crippen LogP contribution in [0.15, 0.2) is 0 Å². The van der Waals surface area contributed by atoms with Gasteiger partial charge in [-0.05, 0) is 20.8 Å². The van der Waals surface area contributed by atoms with Crippen molar-refractivity contribution in [2.45, 2.75) is 32.2 Å². The molecule has 11 heavy (non-hydrogen) atoms. The van der Waals surface area contributed by atoms with Gasteiger partial charge in [0.25, 0.3) is 0 Å². The Labute approximate surface area is 65.1 Å². The van der Waals surface area contributed by atoms with Crippen LogP contribution in [-0.4, -0.2) is 29.1 Å². The van der Waals surface area contributed by atoms with Crippen LogP contribution in [0.3, 0.4) is 0 Å². The average Bonchev–Trinajstić information content (AvgIpc) is 2.08. The van der Waals surface area contributed by atoms with E-state index in [9.17, 15) is 4.79 Å². The molecule has 1 atom stereocenters. The number of ether oxygens (including phenoxy) is 2. The summed E-state index contributed by atoms with van der Waals surface area (Å²) in [6.45, 7) is 5.00. The maximum atomic E-state index is 10.6. The standard InChI is InChI=1S/C7H12O4/c1-6(2)10-4-7(3,11-6)5(8)9/h4H2,1-3H3,(H,8,9). The van der Waals surface area contributed by atoms with Gasteiger partial charge in [0, 0.05) is 0 Å². The minimum Gasteiger partial charge on any atom is -0.479 e. The highest BCUT2D eigenvalue weighted by Crippen LogP contribution is 2.30. The highest BCUT2D eigenvalue weighted by atomic mass is 16.8. The van der Waals surface area contributed by atoms with Crippen molar-refractivity contribution in [1.82, 2.24) is 0 Å². The van der Waals surface area contributed by atoms with Crippen LogP contribution in [0, 0.1) is 0 Å². The van der Waals surface area contributed by atoms with E-state index in [0.29, 0.717) is 0 Å². The van der Waals surface area contributed by atoms with E-state index in [0.717, 1.165) is 0 Å². The van der Waals surface area contributed by atoms with E-state index in [-0.39, 0.29) is 6.61 Å². The van der Waals surface area contributed by atoms with Crippen LogP contribution in [0.4, 0.5) is 0 Å². The Morgan fingerprint density at radius 3 is 2.18 bits per heavy atom. The van der Waals surface area contributed by atoms with Crippen molar-refractivity contribution >= 4 is 5.97 Å². The second-order valence-corrected chi connectivity index (χ2v) is 3.33. The molecule has 0 aromatic heterocycles. The van der Waals surface area contributed by atoms with Gasteiger partial charge in [-0.25, -0.2) is 4.79 Å². The molecule has 64 valence electrons. The van der Waals surface area contributed by atoms with Crippen LogP contribution in [0.1, 0.15) is 20.8 Å². The molecular weight excluding hydrogens is 148 g/mol. The third kappa shape index (κ3) is 1.52. The van der Waals surface area contributed by atoms with E-state index in [1.807, 2.05) is 0 Å². The molecule has 0 amide bonds. The molecule has 0 spiro atoms. The van der Waals surface area contributed by atoms with Gasteiger partial charge in [-0.2, -0.15) is 0 Å². The Hall–Kier alpha value is -0.610. The Morgan fingerprint density at radius 1 is 1.45 bits per heavy atom. The maximum absolute atomic E-state index is 10.6. The average molecular weight is 160 g/mol. The lowest BCUT2D eigenvalue weighted by atomic mass is 10.1. The lowest BCUT2D eigenvalue weighted by Gasteiger charge is -2.20. The summed E-state index contributed by atoms with van der Waals surface area (Å²) in [6, 6.07) is 0. The van der Waals surface area contributed by atoms with Crippen LogP contribution < -0.4 is 0 Å². The summed E-state index contributed by atoms with van der Waals surface area (Å²) in [4.78, 5) is 10.6. The molecule has 4 nitrogen and oxygen atoms in total. The quantitative estimate of drug-likeness (QED) is 0.610. The number of hydrogen-bond donors (Lipinski definition) is 1. The number of rotatable bonds is 1. The lowest BCUT2D eigenvalue weighted by Crippen LogP contribution is -2.39. The summed E-state index contributed by atoms with van der Waals surface area (Å²) in [6.07, 6.45) is 0. The molecule has 0 saturated carbocycles. The molecule has 1 fully saturated rings. The van der Waals surface area contributed by atoms with E-state index in [1.165, 1.54) is 6.92 Å². The zero-order chi connectivity index (χ0) is 8.70. The van der Waals surface area contributed by atoms with E-state index in [1.54, 1.807) is 13.8 Å². The van der Waals surface area contributed by atoms with E-state index in [2.05, 4.69) is 0 Å². The Kier molecular flexibility index (Phi) is 1.69. The Bertz CT molecular complexity index is 187. The topological polar surface area (TPSA) is 55.8 Å². The van der Waals surface area contributed by atoms with Crippen LogP contribution in [0.2, 0.25) is 0 Å². The van der Waals surface area contributed by atoms with Crippen LogP contribution in [0.5, 0.6) is 0 Å². The van der Waals surface area contributed by atoms with Crippen LogP contribution in [-0.2, 0) is 14.3 Å². The van der Waals surface area contributed by atoms with Crippen molar-refractivity contribution in [3.63, 3.8) is 0 Å². The van der Waals surface area contributed by atoms with Crippen molar-refractivity contribution < 1.29 is 19.4 Å². The second-order valence-electron chi connectivity index (χ2n) is 3.33. The summed E-state index contributed by atoms with van der Waals surface area (Å²) < 4.78 is 10.3. The van der Waals surface area contributed by atoms with Gasteiger partial charge in [-0.1, -0.05) is 0 Å². The fourth-order valence-corrected chi connectivity index (χ4v) is 1.02. The van der Waals surface area contributed by atoms with Crippen molar-refractivity contribution in [3.8, 4) is 0 Å². The number of carbonyl (C=O) groups is 1. The zero-order valence-corrected chi connectivity index (χ0v) is 6.88. The van der Waals surface area contributed by atoms with E-state index in [4.69, 9.17) is 14.6 Å².